The fourth-order valence-electron chi connectivity index (χ4n) is 3.59. The molecule has 0 atom stereocenters. The van der Waals surface area contributed by atoms with Gasteiger partial charge in [-0.25, -0.2) is 9.37 Å². The molecule has 30 heavy (non-hydrogen) atoms. The molecule has 0 fully saturated rings. The van der Waals surface area contributed by atoms with E-state index >= 15 is 0 Å². The number of nitrogens with one attached hydrogen (secondary N) is 1. The normalized spacial score (nSPS) is 11.2. The van der Waals surface area contributed by atoms with Crippen LogP contribution in [0.1, 0.15) is 22.7 Å². The maximum absolute atomic E-state index is 14.3. The third-order valence-corrected chi connectivity index (χ3v) is 5.08. The molecule has 2 aliphatic heterocycles. The fraction of sp³-hybridized carbons (Fsp3) is 0.0833. The number of halogens is 1. The van der Waals surface area contributed by atoms with Crippen molar-refractivity contribution in [3.63, 3.8) is 0 Å². The van der Waals surface area contributed by atoms with E-state index in [1.54, 1.807) is 36.7 Å². The van der Waals surface area contributed by atoms with Crippen molar-refractivity contribution in [3.8, 4) is 17.1 Å². The molecule has 0 bridgehead atoms. The van der Waals surface area contributed by atoms with E-state index in [0.717, 1.165) is 11.3 Å². The minimum atomic E-state index is -0.293. The summed E-state index contributed by atoms with van der Waals surface area (Å²) in [6, 6.07) is 19.9. The Morgan fingerprint density at radius 3 is 2.53 bits per heavy atom. The fourth-order valence-corrected chi connectivity index (χ4v) is 3.59. The summed E-state index contributed by atoms with van der Waals surface area (Å²) in [6.07, 6.45) is 3.90. The lowest BCUT2D eigenvalue weighted by Crippen LogP contribution is -2.18. The van der Waals surface area contributed by atoms with Crippen LogP contribution in [0.3, 0.4) is 0 Å². The summed E-state index contributed by atoms with van der Waals surface area (Å²) >= 11 is 0. The minimum Gasteiger partial charge on any atom is -0.469 e. The number of benzene rings is 2. The highest BCUT2D eigenvalue weighted by Gasteiger charge is 2.21. The van der Waals surface area contributed by atoms with Crippen LogP contribution in [0, 0.1) is 5.82 Å². The molecular formula is C24H18FN3O2. The number of fused-ring (bicyclic) bond motifs is 1. The second kappa shape index (κ2) is 7.48. The van der Waals surface area contributed by atoms with Crippen LogP contribution in [0.15, 0.2) is 88.4 Å². The van der Waals surface area contributed by atoms with Crippen LogP contribution in [-0.2, 0) is 12.8 Å². The summed E-state index contributed by atoms with van der Waals surface area (Å²) in [7, 11) is 0. The lowest BCUT2D eigenvalue weighted by Gasteiger charge is -2.13. The number of hydrogen-bond acceptors (Lipinski definition) is 3. The average molecular weight is 399 g/mol. The van der Waals surface area contributed by atoms with E-state index in [-0.39, 0.29) is 17.8 Å². The summed E-state index contributed by atoms with van der Waals surface area (Å²) in [5.74, 6) is 0.863. The van der Waals surface area contributed by atoms with Crippen molar-refractivity contribution < 1.29 is 8.81 Å². The smallest absolute Gasteiger partial charge is 0.278 e. The third kappa shape index (κ3) is 3.33. The Balaban J connectivity index is 1.67. The van der Waals surface area contributed by atoms with E-state index in [2.05, 4.69) is 9.97 Å². The topological polar surface area (TPSA) is 63.8 Å². The van der Waals surface area contributed by atoms with Crippen molar-refractivity contribution in [2.45, 2.75) is 12.8 Å². The van der Waals surface area contributed by atoms with Gasteiger partial charge in [0.25, 0.3) is 5.56 Å². The molecule has 2 aliphatic rings. The maximum Gasteiger partial charge on any atom is 0.278 e. The van der Waals surface area contributed by atoms with E-state index in [1.807, 2.05) is 36.4 Å². The number of aromatic nitrogens is 3. The van der Waals surface area contributed by atoms with Crippen LogP contribution in [0.25, 0.3) is 17.1 Å². The predicted octanol–water partition coefficient (Wildman–Crippen LogP) is 4.58. The van der Waals surface area contributed by atoms with Crippen LogP contribution in [0.5, 0.6) is 0 Å². The summed E-state index contributed by atoms with van der Waals surface area (Å²) < 4.78 is 21.2. The van der Waals surface area contributed by atoms with Gasteiger partial charge in [-0.15, -0.1) is 0 Å². The molecule has 0 saturated carbocycles. The predicted molar refractivity (Wildman–Crippen MR) is 112 cm³/mol. The highest BCUT2D eigenvalue weighted by molar-refractivity contribution is 5.60. The monoisotopic (exact) mass is 399 g/mol. The molecule has 0 saturated heterocycles. The Bertz CT molecular complexity index is 1320. The lowest BCUT2D eigenvalue weighted by atomic mass is 10.1. The second-order valence-electron chi connectivity index (χ2n) is 7.09. The summed E-state index contributed by atoms with van der Waals surface area (Å²) in [5.41, 5.74) is 3.07. The minimum absolute atomic E-state index is 0.206. The third-order valence-electron chi connectivity index (χ3n) is 5.08. The van der Waals surface area contributed by atoms with E-state index < -0.39 is 0 Å². The number of rotatable bonds is 5. The van der Waals surface area contributed by atoms with Gasteiger partial charge < -0.3 is 9.40 Å². The number of furan rings is 1. The Labute approximate surface area is 171 Å². The van der Waals surface area contributed by atoms with Gasteiger partial charge in [0.1, 0.15) is 17.3 Å². The highest BCUT2D eigenvalue weighted by Crippen LogP contribution is 2.24. The molecule has 5 rings (SSSR count). The molecular weight excluding hydrogens is 381 g/mol. The zero-order chi connectivity index (χ0) is 20.5. The molecule has 5 nitrogen and oxygen atoms in total. The van der Waals surface area contributed by atoms with Gasteiger partial charge >= 0.3 is 0 Å². The lowest BCUT2D eigenvalue weighted by molar-refractivity contribution is 0.519. The Kier molecular flexibility index (Phi) is 4.52. The van der Waals surface area contributed by atoms with E-state index in [0.29, 0.717) is 35.0 Å². The zero-order valence-corrected chi connectivity index (χ0v) is 16.0. The van der Waals surface area contributed by atoms with Crippen molar-refractivity contribution in [2.75, 3.05) is 0 Å². The molecule has 3 heterocycles. The van der Waals surface area contributed by atoms with E-state index in [4.69, 9.17) is 4.42 Å². The van der Waals surface area contributed by atoms with Gasteiger partial charge in [-0.2, -0.15) is 0 Å². The number of imidazole rings is 1. The first-order chi connectivity index (χ1) is 14.7. The van der Waals surface area contributed by atoms with Gasteiger partial charge in [0.2, 0.25) is 0 Å². The van der Waals surface area contributed by atoms with Crippen molar-refractivity contribution in [3.05, 3.63) is 118 Å². The highest BCUT2D eigenvalue weighted by atomic mass is 19.1. The molecule has 0 aliphatic carbocycles. The molecule has 0 unspecified atom stereocenters. The van der Waals surface area contributed by atoms with Crippen LogP contribution < -0.4 is 5.56 Å². The molecule has 0 spiro atoms. The van der Waals surface area contributed by atoms with Gasteiger partial charge in [0, 0.05) is 12.6 Å². The van der Waals surface area contributed by atoms with Gasteiger partial charge in [-0.3, -0.25) is 9.36 Å². The largest absolute Gasteiger partial charge is 0.469 e. The molecule has 1 N–H and O–H groups in total. The number of nitrogens with zero attached hydrogens (tertiary/aromatic N) is 2. The van der Waals surface area contributed by atoms with Crippen molar-refractivity contribution in [2.24, 2.45) is 0 Å². The zero-order valence-electron chi connectivity index (χ0n) is 16.0. The average Bonchev–Trinajstić information content (AvgIpc) is 3.39. The molecule has 0 radical (unpaired) electrons. The standard InChI is InChI=1S/C24H18FN3O2/c25-19-11-5-4-9-17(19)13-20-23-27-21(14-18-10-6-12-30-18)24(29)28(23)15-22(26-20)16-7-2-1-3-8-16/h1-12,15,26H,13-14H2. The first-order valence-electron chi connectivity index (χ1n) is 9.63. The summed E-state index contributed by atoms with van der Waals surface area (Å²) in [6.45, 7) is 0. The molecule has 6 heteroatoms. The first-order valence-corrected chi connectivity index (χ1v) is 9.63. The van der Waals surface area contributed by atoms with Gasteiger partial charge in [0.15, 0.2) is 5.82 Å². The van der Waals surface area contributed by atoms with Gasteiger partial charge in [-0.1, -0.05) is 48.5 Å². The summed E-state index contributed by atoms with van der Waals surface area (Å²) in [4.78, 5) is 21.0. The van der Waals surface area contributed by atoms with Gasteiger partial charge in [0.05, 0.1) is 24.1 Å². The van der Waals surface area contributed by atoms with Crippen molar-refractivity contribution >= 4 is 0 Å². The number of aromatic amines is 1. The quantitative estimate of drug-likeness (QED) is 0.471. The number of H-pyrrole nitrogens is 1. The second-order valence-corrected chi connectivity index (χ2v) is 7.09. The molecule has 148 valence electrons. The number of hydrogen-bond donors (Lipinski definition) is 1. The van der Waals surface area contributed by atoms with E-state index in [9.17, 15) is 9.18 Å². The van der Waals surface area contributed by atoms with Crippen LogP contribution in [-0.4, -0.2) is 14.5 Å². The first kappa shape index (κ1) is 18.1. The molecule has 0 amide bonds. The van der Waals surface area contributed by atoms with Crippen molar-refractivity contribution in [1.82, 2.24) is 14.5 Å². The SMILES string of the molecule is O=c1c(Cc2ccco2)nc2c(Cc3ccccc3F)[nH]c(-c3ccccc3)cn1-2. The van der Waals surface area contributed by atoms with Crippen LogP contribution in [0.4, 0.5) is 4.39 Å². The van der Waals surface area contributed by atoms with E-state index in [1.165, 1.54) is 10.6 Å². The van der Waals surface area contributed by atoms with Gasteiger partial charge in [-0.05, 0) is 29.3 Å². The summed E-state index contributed by atoms with van der Waals surface area (Å²) in [5, 5.41) is 0. The van der Waals surface area contributed by atoms with Crippen LogP contribution >= 0.6 is 0 Å². The Hall–Kier alpha value is -3.93. The molecule has 1 aromatic heterocycles. The van der Waals surface area contributed by atoms with Crippen molar-refractivity contribution in [1.29, 1.82) is 0 Å². The Morgan fingerprint density at radius 1 is 0.967 bits per heavy atom. The molecule has 2 aromatic carbocycles. The Morgan fingerprint density at radius 2 is 1.77 bits per heavy atom. The maximum atomic E-state index is 14.3. The van der Waals surface area contributed by atoms with Crippen LogP contribution in [0.2, 0.25) is 0 Å². The molecule has 3 aromatic rings.